The fraction of sp³-hybridized carbons (Fsp3) is 0.214. The Bertz CT molecular complexity index is 584. The van der Waals surface area contributed by atoms with E-state index in [9.17, 15) is 5.11 Å². The van der Waals surface area contributed by atoms with Crippen LogP contribution < -0.4 is 14.8 Å². The lowest BCUT2D eigenvalue weighted by molar-refractivity contribution is 0.338. The number of pyridine rings is 1. The first-order chi connectivity index (χ1) is 9.26. The van der Waals surface area contributed by atoms with E-state index in [1.165, 1.54) is 0 Å². The number of benzene rings is 1. The molecular formula is C14H14N2O3. The maximum atomic E-state index is 9.41. The van der Waals surface area contributed by atoms with Crippen molar-refractivity contribution in [3.05, 3.63) is 42.1 Å². The van der Waals surface area contributed by atoms with Crippen LogP contribution >= 0.6 is 0 Å². The molecule has 0 fully saturated rings. The predicted octanol–water partition coefficient (Wildman–Crippen LogP) is 2.34. The largest absolute Gasteiger partial charge is 0.508 e. The Kier molecular flexibility index (Phi) is 2.87. The summed E-state index contributed by atoms with van der Waals surface area (Å²) in [6, 6.07) is 8.93. The number of nitrogens with zero attached hydrogens (tertiary/aromatic N) is 1. The van der Waals surface area contributed by atoms with Gasteiger partial charge in [0, 0.05) is 17.7 Å². The number of anilines is 1. The summed E-state index contributed by atoms with van der Waals surface area (Å²) in [6.45, 7) is 0.533. The lowest BCUT2D eigenvalue weighted by Gasteiger charge is -2.13. The standard InChI is InChI=1S/C14H14N2O3/c1-18-14-5-2-9(7-15-14)16-12-8-19-13-6-10(17)3-4-11(12)13/h2-7,12,16-17H,8H2,1H3. The molecule has 5 heteroatoms. The van der Waals surface area contributed by atoms with Gasteiger partial charge in [0.25, 0.3) is 0 Å². The molecule has 0 aliphatic carbocycles. The van der Waals surface area contributed by atoms with Crippen molar-refractivity contribution in [3.63, 3.8) is 0 Å². The molecule has 98 valence electrons. The molecular weight excluding hydrogens is 244 g/mol. The number of hydrogen-bond acceptors (Lipinski definition) is 5. The van der Waals surface area contributed by atoms with Gasteiger partial charge in [-0.1, -0.05) is 0 Å². The van der Waals surface area contributed by atoms with E-state index in [1.807, 2.05) is 12.1 Å². The number of aromatic hydroxyl groups is 1. The smallest absolute Gasteiger partial charge is 0.213 e. The first kappa shape index (κ1) is 11.6. The molecule has 1 aliphatic heterocycles. The van der Waals surface area contributed by atoms with Gasteiger partial charge in [-0.3, -0.25) is 0 Å². The van der Waals surface area contributed by atoms with E-state index in [2.05, 4.69) is 10.3 Å². The molecule has 1 unspecified atom stereocenters. The van der Waals surface area contributed by atoms with Gasteiger partial charge in [0.15, 0.2) is 0 Å². The molecule has 1 aromatic heterocycles. The SMILES string of the molecule is COc1ccc(NC2COc3cc(O)ccc32)cn1. The Morgan fingerprint density at radius 2 is 2.26 bits per heavy atom. The second kappa shape index (κ2) is 4.68. The number of nitrogens with one attached hydrogen (secondary N) is 1. The molecule has 0 saturated carbocycles. The average molecular weight is 258 g/mol. The van der Waals surface area contributed by atoms with E-state index in [4.69, 9.17) is 9.47 Å². The summed E-state index contributed by atoms with van der Waals surface area (Å²) in [4.78, 5) is 4.14. The molecule has 2 heterocycles. The van der Waals surface area contributed by atoms with Gasteiger partial charge in [-0.05, 0) is 18.2 Å². The maximum absolute atomic E-state index is 9.41. The lowest BCUT2D eigenvalue weighted by Crippen LogP contribution is -2.12. The second-order valence-electron chi connectivity index (χ2n) is 4.32. The van der Waals surface area contributed by atoms with Crippen molar-refractivity contribution in [2.75, 3.05) is 19.0 Å². The average Bonchev–Trinajstić information content (AvgIpc) is 2.82. The molecule has 1 atom stereocenters. The van der Waals surface area contributed by atoms with E-state index in [1.54, 1.807) is 31.5 Å². The Morgan fingerprint density at radius 3 is 3.00 bits per heavy atom. The summed E-state index contributed by atoms with van der Waals surface area (Å²) < 4.78 is 10.6. The zero-order chi connectivity index (χ0) is 13.2. The summed E-state index contributed by atoms with van der Waals surface area (Å²) in [7, 11) is 1.59. The number of phenols is 1. The summed E-state index contributed by atoms with van der Waals surface area (Å²) in [6.07, 6.45) is 1.72. The number of aromatic nitrogens is 1. The van der Waals surface area contributed by atoms with Crippen LogP contribution in [-0.2, 0) is 0 Å². The molecule has 0 spiro atoms. The molecule has 19 heavy (non-hydrogen) atoms. The molecule has 2 aromatic rings. The quantitative estimate of drug-likeness (QED) is 0.884. The first-order valence-corrected chi connectivity index (χ1v) is 5.98. The van der Waals surface area contributed by atoms with Crippen LogP contribution in [0.15, 0.2) is 36.5 Å². The Hall–Kier alpha value is -2.43. The van der Waals surface area contributed by atoms with Gasteiger partial charge in [-0.15, -0.1) is 0 Å². The van der Waals surface area contributed by atoms with E-state index in [-0.39, 0.29) is 11.8 Å². The molecule has 1 aromatic carbocycles. The zero-order valence-corrected chi connectivity index (χ0v) is 10.5. The number of rotatable bonds is 3. The van der Waals surface area contributed by atoms with Gasteiger partial charge in [0.2, 0.25) is 5.88 Å². The molecule has 5 nitrogen and oxygen atoms in total. The Labute approximate surface area is 110 Å². The van der Waals surface area contributed by atoms with Gasteiger partial charge in [-0.2, -0.15) is 0 Å². The van der Waals surface area contributed by atoms with Crippen LogP contribution in [0.5, 0.6) is 17.4 Å². The summed E-state index contributed by atoms with van der Waals surface area (Å²) >= 11 is 0. The fourth-order valence-electron chi connectivity index (χ4n) is 2.11. The first-order valence-electron chi connectivity index (χ1n) is 5.98. The van der Waals surface area contributed by atoms with Crippen LogP contribution in [0, 0.1) is 0 Å². The normalized spacial score (nSPS) is 16.6. The van der Waals surface area contributed by atoms with Gasteiger partial charge >= 0.3 is 0 Å². The van der Waals surface area contributed by atoms with Crippen molar-refractivity contribution < 1.29 is 14.6 Å². The molecule has 0 amide bonds. The van der Waals surface area contributed by atoms with Crippen LogP contribution in [0.25, 0.3) is 0 Å². The Balaban J connectivity index is 1.78. The van der Waals surface area contributed by atoms with Crippen molar-refractivity contribution in [2.24, 2.45) is 0 Å². The highest BCUT2D eigenvalue weighted by Crippen LogP contribution is 2.36. The lowest BCUT2D eigenvalue weighted by atomic mass is 10.1. The minimum absolute atomic E-state index is 0.0609. The highest BCUT2D eigenvalue weighted by atomic mass is 16.5. The van der Waals surface area contributed by atoms with Gasteiger partial charge in [-0.25, -0.2) is 4.98 Å². The topological polar surface area (TPSA) is 63.6 Å². The van der Waals surface area contributed by atoms with Gasteiger partial charge < -0.3 is 19.9 Å². The van der Waals surface area contributed by atoms with Crippen LogP contribution in [0.4, 0.5) is 5.69 Å². The van der Waals surface area contributed by atoms with Crippen LogP contribution in [0.3, 0.4) is 0 Å². The van der Waals surface area contributed by atoms with Crippen LogP contribution in [0.1, 0.15) is 11.6 Å². The number of ether oxygens (including phenoxy) is 2. The second-order valence-corrected chi connectivity index (χ2v) is 4.32. The van der Waals surface area contributed by atoms with Crippen molar-refractivity contribution >= 4 is 5.69 Å². The molecule has 1 aliphatic rings. The van der Waals surface area contributed by atoms with Gasteiger partial charge in [0.1, 0.15) is 18.1 Å². The van der Waals surface area contributed by atoms with Crippen LogP contribution in [0.2, 0.25) is 0 Å². The third-order valence-electron chi connectivity index (χ3n) is 3.06. The summed E-state index contributed by atoms with van der Waals surface area (Å²) in [5.74, 6) is 1.52. The number of phenolic OH excluding ortho intramolecular Hbond substituents is 1. The highest BCUT2D eigenvalue weighted by Gasteiger charge is 2.24. The summed E-state index contributed by atoms with van der Waals surface area (Å²) in [5.41, 5.74) is 1.93. The van der Waals surface area contributed by atoms with E-state index in [0.717, 1.165) is 17.0 Å². The molecule has 2 N–H and O–H groups in total. The molecule has 0 radical (unpaired) electrons. The summed E-state index contributed by atoms with van der Waals surface area (Å²) in [5, 5.41) is 12.7. The highest BCUT2D eigenvalue weighted by molar-refractivity contribution is 5.51. The molecule has 3 rings (SSSR count). The predicted molar refractivity (Wildman–Crippen MR) is 70.8 cm³/mol. The molecule has 0 saturated heterocycles. The third kappa shape index (κ3) is 2.27. The Morgan fingerprint density at radius 1 is 1.37 bits per heavy atom. The molecule has 0 bridgehead atoms. The number of hydrogen-bond donors (Lipinski definition) is 2. The van der Waals surface area contributed by atoms with Crippen molar-refractivity contribution in [3.8, 4) is 17.4 Å². The minimum atomic E-state index is 0.0609. The number of fused-ring (bicyclic) bond motifs is 1. The minimum Gasteiger partial charge on any atom is -0.508 e. The maximum Gasteiger partial charge on any atom is 0.213 e. The van der Waals surface area contributed by atoms with Crippen molar-refractivity contribution in [1.29, 1.82) is 0 Å². The monoisotopic (exact) mass is 258 g/mol. The third-order valence-corrected chi connectivity index (χ3v) is 3.06. The van der Waals surface area contributed by atoms with Gasteiger partial charge in [0.05, 0.1) is 25.0 Å². The number of methoxy groups -OCH3 is 1. The fourth-order valence-corrected chi connectivity index (χ4v) is 2.11. The zero-order valence-electron chi connectivity index (χ0n) is 10.5. The van der Waals surface area contributed by atoms with E-state index >= 15 is 0 Å². The van der Waals surface area contributed by atoms with E-state index < -0.39 is 0 Å². The van der Waals surface area contributed by atoms with E-state index in [0.29, 0.717) is 12.5 Å². The van der Waals surface area contributed by atoms with Crippen LogP contribution in [-0.4, -0.2) is 23.8 Å². The van der Waals surface area contributed by atoms with Crippen molar-refractivity contribution in [2.45, 2.75) is 6.04 Å². The van der Waals surface area contributed by atoms with Crippen molar-refractivity contribution in [1.82, 2.24) is 4.98 Å².